The molecule has 0 bridgehead atoms. The molecule has 0 aromatic carbocycles. The second-order valence-corrected chi connectivity index (χ2v) is 5.45. The van der Waals surface area contributed by atoms with Gasteiger partial charge in [0, 0.05) is 18.6 Å². The lowest BCUT2D eigenvalue weighted by molar-refractivity contribution is -0.176. The van der Waals surface area contributed by atoms with Crippen molar-refractivity contribution in [1.29, 1.82) is 0 Å². The van der Waals surface area contributed by atoms with Crippen LogP contribution in [0.25, 0.3) is 0 Å². The van der Waals surface area contributed by atoms with Gasteiger partial charge < -0.3 is 10.2 Å². The van der Waals surface area contributed by atoms with E-state index in [0.717, 1.165) is 0 Å². The van der Waals surface area contributed by atoms with Gasteiger partial charge in [0.05, 0.1) is 0 Å². The lowest BCUT2D eigenvalue weighted by Crippen LogP contribution is -2.55. The quantitative estimate of drug-likeness (QED) is 0.763. The molecule has 8 heteroatoms. The van der Waals surface area contributed by atoms with E-state index < -0.39 is 17.6 Å². The molecule has 1 N–H and O–H groups in total. The lowest BCUT2D eigenvalue weighted by Gasteiger charge is -2.41. The van der Waals surface area contributed by atoms with Crippen LogP contribution in [0.4, 0.5) is 18.0 Å². The van der Waals surface area contributed by atoms with E-state index in [9.17, 15) is 22.8 Å². The van der Waals surface area contributed by atoms with E-state index >= 15 is 0 Å². The lowest BCUT2D eigenvalue weighted by atomic mass is 9.80. The van der Waals surface area contributed by atoms with Crippen molar-refractivity contribution in [2.75, 3.05) is 13.1 Å². The molecule has 1 aliphatic heterocycles. The highest BCUT2D eigenvalue weighted by atomic mass is 19.4. The largest absolute Gasteiger partial charge is 0.471 e. The molecule has 2 amide bonds. The van der Waals surface area contributed by atoms with Crippen LogP contribution < -0.4 is 5.32 Å². The number of hydrogen-bond acceptors (Lipinski definition) is 2. The first-order valence-corrected chi connectivity index (χ1v) is 6.19. The Bertz CT molecular complexity index is 363. The van der Waals surface area contributed by atoms with Crippen LogP contribution >= 0.6 is 0 Å². The summed E-state index contributed by atoms with van der Waals surface area (Å²) in [5.74, 6) is -2.02. The number of nitrogens with zero attached hydrogens (tertiary/aromatic N) is 1. The molecule has 0 aromatic heterocycles. The minimum absolute atomic E-state index is 0.0319. The van der Waals surface area contributed by atoms with Crippen LogP contribution in [-0.2, 0) is 4.79 Å². The third kappa shape index (κ3) is 4.14. The summed E-state index contributed by atoms with van der Waals surface area (Å²) in [7, 11) is 1.47. The van der Waals surface area contributed by atoms with Crippen LogP contribution in [0.15, 0.2) is 0 Å². The highest BCUT2D eigenvalue weighted by Gasteiger charge is 2.43. The fraction of sp³-hybridized carbons (Fsp3) is 0.818. The van der Waals surface area contributed by atoms with E-state index in [1.165, 1.54) is 7.85 Å². The standard InChI is InChI=1S/C11H18BF3N2O2/c1-10(2,16-8(18)11(13,14)15)7-3-5-17(6-4-7)9(12)19/h7H,3-6,12H2,1-2H3,(H,16,18). The fourth-order valence-electron chi connectivity index (χ4n) is 2.38. The molecule has 1 saturated heterocycles. The Labute approximate surface area is 111 Å². The third-order valence-corrected chi connectivity index (χ3v) is 3.65. The number of nitrogens with one attached hydrogen (secondary N) is 1. The third-order valence-electron chi connectivity index (χ3n) is 3.65. The molecule has 0 atom stereocenters. The second kappa shape index (κ2) is 5.42. The van der Waals surface area contributed by atoms with Crippen LogP contribution in [0.3, 0.4) is 0 Å². The molecule has 4 nitrogen and oxygen atoms in total. The molecule has 1 heterocycles. The number of piperidine rings is 1. The monoisotopic (exact) mass is 278 g/mol. The van der Waals surface area contributed by atoms with E-state index in [0.29, 0.717) is 25.9 Å². The topological polar surface area (TPSA) is 49.4 Å². The van der Waals surface area contributed by atoms with Gasteiger partial charge in [-0.3, -0.25) is 9.59 Å². The molecule has 0 radical (unpaired) electrons. The summed E-state index contributed by atoms with van der Waals surface area (Å²) >= 11 is 0. The maximum atomic E-state index is 12.2. The van der Waals surface area contributed by atoms with Gasteiger partial charge in [-0.25, -0.2) is 0 Å². The van der Waals surface area contributed by atoms with Gasteiger partial charge in [-0.1, -0.05) is 0 Å². The van der Waals surface area contributed by atoms with Crippen molar-refractivity contribution in [2.24, 2.45) is 5.92 Å². The Hall–Kier alpha value is -1.21. The van der Waals surface area contributed by atoms with E-state index in [4.69, 9.17) is 0 Å². The first-order chi connectivity index (χ1) is 8.54. The molecule has 108 valence electrons. The van der Waals surface area contributed by atoms with Crippen LogP contribution in [0.1, 0.15) is 26.7 Å². The number of amides is 2. The van der Waals surface area contributed by atoms with Crippen molar-refractivity contribution in [2.45, 2.75) is 38.4 Å². The minimum Gasteiger partial charge on any atom is -0.352 e. The summed E-state index contributed by atoms with van der Waals surface area (Å²) in [4.78, 5) is 23.8. The maximum absolute atomic E-state index is 12.2. The average molecular weight is 278 g/mol. The molecular formula is C11H18BF3N2O2. The summed E-state index contributed by atoms with van der Waals surface area (Å²) in [6.07, 6.45) is -3.69. The summed E-state index contributed by atoms with van der Waals surface area (Å²) in [6.45, 7) is 4.21. The Balaban J connectivity index is 2.60. The number of rotatable bonds is 2. The molecule has 1 aliphatic rings. The summed E-state index contributed by atoms with van der Waals surface area (Å²) in [5, 5.41) is 2.04. The summed E-state index contributed by atoms with van der Waals surface area (Å²) in [6, 6.07) is 0. The molecule has 0 aliphatic carbocycles. The zero-order valence-electron chi connectivity index (χ0n) is 11.3. The van der Waals surface area contributed by atoms with Crippen molar-refractivity contribution in [3.8, 4) is 0 Å². The second-order valence-electron chi connectivity index (χ2n) is 5.45. The van der Waals surface area contributed by atoms with Crippen LogP contribution in [0.2, 0.25) is 0 Å². The van der Waals surface area contributed by atoms with Gasteiger partial charge >= 0.3 is 12.1 Å². The number of carbonyl (C=O) groups is 2. The highest BCUT2D eigenvalue weighted by Crippen LogP contribution is 2.29. The van der Waals surface area contributed by atoms with Crippen molar-refractivity contribution in [1.82, 2.24) is 10.2 Å². The van der Waals surface area contributed by atoms with Crippen molar-refractivity contribution < 1.29 is 22.8 Å². The van der Waals surface area contributed by atoms with Gasteiger partial charge in [-0.05, 0) is 32.6 Å². The Kier molecular flexibility index (Phi) is 4.52. The van der Waals surface area contributed by atoms with E-state index in [1.807, 2.05) is 5.32 Å². The number of likely N-dealkylation sites (tertiary alicyclic amines) is 1. The molecule has 0 unspecified atom stereocenters. The minimum atomic E-state index is -4.86. The molecule has 1 fully saturated rings. The van der Waals surface area contributed by atoms with Crippen LogP contribution in [0.5, 0.6) is 0 Å². The molecule has 1 rings (SSSR count). The number of alkyl halides is 3. The zero-order chi connectivity index (χ0) is 14.8. The van der Waals surface area contributed by atoms with Gasteiger partial charge in [0.15, 0.2) is 5.81 Å². The predicted molar refractivity (Wildman–Crippen MR) is 66.5 cm³/mol. The van der Waals surface area contributed by atoms with Crippen molar-refractivity contribution >= 4 is 19.6 Å². The predicted octanol–water partition coefficient (Wildman–Crippen LogP) is 0.909. The molecule has 0 aromatic rings. The SMILES string of the molecule is BC(=O)N1CCC(C(C)(C)NC(=O)C(F)(F)F)CC1. The van der Waals surface area contributed by atoms with Gasteiger partial charge in [0.25, 0.3) is 0 Å². The average Bonchev–Trinajstić information content (AvgIpc) is 2.27. The van der Waals surface area contributed by atoms with Crippen LogP contribution in [-0.4, -0.2) is 49.3 Å². The summed E-state index contributed by atoms with van der Waals surface area (Å²) in [5.41, 5.74) is -0.935. The van der Waals surface area contributed by atoms with E-state index in [-0.39, 0.29) is 11.7 Å². The molecule has 19 heavy (non-hydrogen) atoms. The number of halogens is 3. The molecular weight excluding hydrogens is 260 g/mol. The number of hydrogen-bond donors (Lipinski definition) is 1. The maximum Gasteiger partial charge on any atom is 0.471 e. The van der Waals surface area contributed by atoms with Gasteiger partial charge in [0.2, 0.25) is 7.85 Å². The highest BCUT2D eigenvalue weighted by molar-refractivity contribution is 6.56. The number of carbonyl (C=O) groups excluding carboxylic acids is 2. The van der Waals surface area contributed by atoms with Gasteiger partial charge in [-0.2, -0.15) is 13.2 Å². The van der Waals surface area contributed by atoms with Gasteiger partial charge in [0.1, 0.15) is 0 Å². The van der Waals surface area contributed by atoms with E-state index in [2.05, 4.69) is 0 Å². The zero-order valence-corrected chi connectivity index (χ0v) is 11.3. The molecule has 0 spiro atoms. The normalized spacial score (nSPS) is 18.3. The summed E-state index contributed by atoms with van der Waals surface area (Å²) < 4.78 is 36.7. The Morgan fingerprint density at radius 3 is 2.05 bits per heavy atom. The smallest absolute Gasteiger partial charge is 0.352 e. The first kappa shape index (κ1) is 15.9. The fourth-order valence-corrected chi connectivity index (χ4v) is 2.38. The Morgan fingerprint density at radius 2 is 1.68 bits per heavy atom. The van der Waals surface area contributed by atoms with E-state index in [1.54, 1.807) is 18.7 Å². The van der Waals surface area contributed by atoms with Crippen molar-refractivity contribution in [3.63, 3.8) is 0 Å². The van der Waals surface area contributed by atoms with Crippen LogP contribution in [0, 0.1) is 5.92 Å². The first-order valence-electron chi connectivity index (χ1n) is 6.19. The van der Waals surface area contributed by atoms with Crippen molar-refractivity contribution in [3.05, 3.63) is 0 Å². The van der Waals surface area contributed by atoms with Gasteiger partial charge in [-0.15, -0.1) is 0 Å². The Morgan fingerprint density at radius 1 is 1.21 bits per heavy atom. The molecule has 0 saturated carbocycles.